The average molecular weight is 159 g/mol. The summed E-state index contributed by atoms with van der Waals surface area (Å²) in [6.45, 7) is 3.18. The number of amides is 1. The van der Waals surface area contributed by atoms with Crippen LogP contribution in [0.1, 0.15) is 6.92 Å². The van der Waals surface area contributed by atoms with Crippen LogP contribution in [0, 0.1) is 0 Å². The molecule has 0 spiro atoms. The van der Waals surface area contributed by atoms with Gasteiger partial charge in [0.2, 0.25) is 5.91 Å². The summed E-state index contributed by atoms with van der Waals surface area (Å²) < 4.78 is 0. The third-order valence-electron chi connectivity index (χ3n) is 1.27. The van der Waals surface area contributed by atoms with Crippen molar-refractivity contribution in [3.05, 3.63) is 0 Å². The van der Waals surface area contributed by atoms with Crippen LogP contribution in [0.4, 0.5) is 0 Å². The zero-order valence-corrected chi connectivity index (χ0v) is 7.42. The predicted octanol–water partition coefficient (Wildman–Crippen LogP) is -0.989. The van der Waals surface area contributed by atoms with E-state index in [2.05, 4.69) is 5.32 Å². The minimum absolute atomic E-state index is 0.0909. The lowest BCUT2D eigenvalue weighted by Crippen LogP contribution is -2.41. The highest BCUT2D eigenvalue weighted by Crippen LogP contribution is 1.75. The minimum atomic E-state index is -0.405. The monoisotopic (exact) mass is 159 g/mol. The maximum absolute atomic E-state index is 10.9. The fourth-order valence-corrected chi connectivity index (χ4v) is 0.564. The Kier molecular flexibility index (Phi) is 4.81. The van der Waals surface area contributed by atoms with Gasteiger partial charge in [-0.3, -0.25) is 4.79 Å². The van der Waals surface area contributed by atoms with Crippen molar-refractivity contribution in [2.45, 2.75) is 13.0 Å². The largest absolute Gasteiger partial charge is 0.353 e. The third-order valence-corrected chi connectivity index (χ3v) is 1.27. The minimum Gasteiger partial charge on any atom is -0.353 e. The van der Waals surface area contributed by atoms with Crippen LogP contribution in [0.5, 0.6) is 0 Å². The van der Waals surface area contributed by atoms with E-state index in [1.165, 1.54) is 0 Å². The number of hydrogen-bond donors (Lipinski definition) is 2. The number of carbonyl (C=O) groups excluding carboxylic acids is 1. The van der Waals surface area contributed by atoms with E-state index in [9.17, 15) is 4.79 Å². The molecule has 3 N–H and O–H groups in total. The summed E-state index contributed by atoms with van der Waals surface area (Å²) in [5.74, 6) is -0.0909. The highest BCUT2D eigenvalue weighted by atomic mass is 16.2. The first-order valence-corrected chi connectivity index (χ1v) is 3.72. The molecule has 0 heterocycles. The molecule has 1 amide bonds. The molecule has 0 aliphatic carbocycles. The van der Waals surface area contributed by atoms with Crippen molar-refractivity contribution >= 4 is 5.91 Å². The van der Waals surface area contributed by atoms with Crippen LogP contribution in [-0.2, 0) is 4.79 Å². The summed E-state index contributed by atoms with van der Waals surface area (Å²) in [6, 6.07) is -0.405. The van der Waals surface area contributed by atoms with Gasteiger partial charge >= 0.3 is 0 Å². The number of rotatable bonds is 4. The standard InChI is InChI=1S/C7H17N3O/c1-6(8)7(11)9-4-5-10(2)3/h6H,4-5,8H2,1-3H3,(H,9,11). The van der Waals surface area contributed by atoms with Crippen molar-refractivity contribution < 1.29 is 4.79 Å². The van der Waals surface area contributed by atoms with Crippen LogP contribution in [0.15, 0.2) is 0 Å². The Bertz CT molecular complexity index is 123. The molecule has 66 valence electrons. The van der Waals surface area contributed by atoms with Crippen molar-refractivity contribution in [1.29, 1.82) is 0 Å². The molecule has 1 unspecified atom stereocenters. The first kappa shape index (κ1) is 10.4. The van der Waals surface area contributed by atoms with Crippen LogP contribution in [-0.4, -0.2) is 44.0 Å². The van der Waals surface area contributed by atoms with Gasteiger partial charge in [0.15, 0.2) is 0 Å². The number of nitrogens with one attached hydrogen (secondary N) is 1. The molecule has 0 rings (SSSR count). The molecule has 0 fully saturated rings. The lowest BCUT2D eigenvalue weighted by atomic mass is 10.3. The van der Waals surface area contributed by atoms with Gasteiger partial charge < -0.3 is 16.0 Å². The fourth-order valence-electron chi connectivity index (χ4n) is 0.564. The van der Waals surface area contributed by atoms with E-state index in [4.69, 9.17) is 5.73 Å². The first-order chi connectivity index (χ1) is 5.04. The van der Waals surface area contributed by atoms with Gasteiger partial charge in [-0.1, -0.05) is 0 Å². The topological polar surface area (TPSA) is 58.4 Å². The van der Waals surface area contributed by atoms with E-state index in [0.717, 1.165) is 6.54 Å². The Morgan fingerprint density at radius 2 is 2.18 bits per heavy atom. The Hall–Kier alpha value is -0.610. The highest BCUT2D eigenvalue weighted by molar-refractivity contribution is 5.80. The second-order valence-corrected chi connectivity index (χ2v) is 2.88. The van der Waals surface area contributed by atoms with E-state index in [1.807, 2.05) is 19.0 Å². The third kappa shape index (κ3) is 5.82. The van der Waals surface area contributed by atoms with Gasteiger partial charge in [-0.2, -0.15) is 0 Å². The van der Waals surface area contributed by atoms with Gasteiger partial charge in [0.1, 0.15) is 0 Å². The van der Waals surface area contributed by atoms with Crippen molar-refractivity contribution in [3.63, 3.8) is 0 Å². The van der Waals surface area contributed by atoms with Gasteiger partial charge in [-0.05, 0) is 21.0 Å². The summed E-state index contributed by atoms with van der Waals surface area (Å²) in [7, 11) is 3.91. The molecule has 0 saturated carbocycles. The number of hydrogen-bond acceptors (Lipinski definition) is 3. The summed E-state index contributed by atoms with van der Waals surface area (Å²) in [5, 5.41) is 2.71. The molecule has 1 atom stereocenters. The van der Waals surface area contributed by atoms with Gasteiger partial charge in [-0.25, -0.2) is 0 Å². The maximum Gasteiger partial charge on any atom is 0.236 e. The van der Waals surface area contributed by atoms with Gasteiger partial charge in [-0.15, -0.1) is 0 Å². The molecule has 0 bridgehead atoms. The molecule has 0 aromatic carbocycles. The summed E-state index contributed by atoms with van der Waals surface area (Å²) >= 11 is 0. The average Bonchev–Trinajstić information content (AvgIpc) is 1.86. The molecule has 0 aromatic rings. The summed E-state index contributed by atoms with van der Waals surface area (Å²) in [6.07, 6.45) is 0. The zero-order chi connectivity index (χ0) is 8.85. The van der Waals surface area contributed by atoms with Crippen LogP contribution in [0.25, 0.3) is 0 Å². The van der Waals surface area contributed by atoms with Crippen molar-refractivity contribution in [2.24, 2.45) is 5.73 Å². The van der Waals surface area contributed by atoms with Gasteiger partial charge in [0.25, 0.3) is 0 Å². The Balaban J connectivity index is 3.32. The number of nitrogens with zero attached hydrogens (tertiary/aromatic N) is 1. The lowest BCUT2D eigenvalue weighted by Gasteiger charge is -2.11. The number of likely N-dealkylation sites (N-methyl/N-ethyl adjacent to an activating group) is 1. The van der Waals surface area contributed by atoms with E-state index in [0.29, 0.717) is 6.54 Å². The van der Waals surface area contributed by atoms with Gasteiger partial charge in [0.05, 0.1) is 6.04 Å². The molecule has 4 heteroatoms. The number of carbonyl (C=O) groups is 1. The fraction of sp³-hybridized carbons (Fsp3) is 0.857. The van der Waals surface area contributed by atoms with Crippen molar-refractivity contribution in [1.82, 2.24) is 10.2 Å². The molecule has 0 aromatic heterocycles. The molecule has 0 saturated heterocycles. The van der Waals surface area contributed by atoms with Crippen LogP contribution in [0.3, 0.4) is 0 Å². The maximum atomic E-state index is 10.9. The van der Waals surface area contributed by atoms with E-state index < -0.39 is 6.04 Å². The first-order valence-electron chi connectivity index (χ1n) is 3.72. The second-order valence-electron chi connectivity index (χ2n) is 2.88. The smallest absolute Gasteiger partial charge is 0.236 e. The Morgan fingerprint density at radius 3 is 2.55 bits per heavy atom. The normalized spacial score (nSPS) is 13.2. The Labute approximate surface area is 67.7 Å². The van der Waals surface area contributed by atoms with E-state index in [1.54, 1.807) is 6.92 Å². The highest BCUT2D eigenvalue weighted by Gasteiger charge is 2.04. The molecule has 0 radical (unpaired) electrons. The van der Waals surface area contributed by atoms with Crippen LogP contribution in [0.2, 0.25) is 0 Å². The molecule has 11 heavy (non-hydrogen) atoms. The van der Waals surface area contributed by atoms with Gasteiger partial charge in [0, 0.05) is 13.1 Å². The second kappa shape index (κ2) is 5.09. The quantitative estimate of drug-likeness (QED) is 0.554. The molecule has 0 aliphatic rings. The molecular weight excluding hydrogens is 142 g/mol. The van der Waals surface area contributed by atoms with E-state index in [-0.39, 0.29) is 5.91 Å². The van der Waals surface area contributed by atoms with Crippen LogP contribution < -0.4 is 11.1 Å². The van der Waals surface area contributed by atoms with Crippen molar-refractivity contribution in [3.8, 4) is 0 Å². The Morgan fingerprint density at radius 1 is 1.64 bits per heavy atom. The number of nitrogens with two attached hydrogens (primary N) is 1. The molecule has 0 aliphatic heterocycles. The SMILES string of the molecule is CC(N)C(=O)NCCN(C)C. The van der Waals surface area contributed by atoms with Crippen molar-refractivity contribution in [2.75, 3.05) is 27.2 Å². The summed E-state index contributed by atoms with van der Waals surface area (Å²) in [5.41, 5.74) is 5.33. The molecular formula is C7H17N3O. The zero-order valence-electron chi connectivity index (χ0n) is 7.42. The summed E-state index contributed by atoms with van der Waals surface area (Å²) in [4.78, 5) is 12.9. The lowest BCUT2D eigenvalue weighted by molar-refractivity contribution is -0.121. The van der Waals surface area contributed by atoms with E-state index >= 15 is 0 Å². The predicted molar refractivity (Wildman–Crippen MR) is 45.2 cm³/mol. The molecule has 4 nitrogen and oxygen atoms in total. The van der Waals surface area contributed by atoms with Crippen LogP contribution >= 0.6 is 0 Å².